The van der Waals surface area contributed by atoms with E-state index in [4.69, 9.17) is 0 Å². The smallest absolute Gasteiger partial charge is 0.287 e. The van der Waals surface area contributed by atoms with E-state index < -0.39 is 6.08 Å². The second-order valence-electron chi connectivity index (χ2n) is 4.86. The number of carbonyl (C=O) groups excluding carboxylic acids is 1. The van der Waals surface area contributed by atoms with Crippen molar-refractivity contribution in [1.82, 2.24) is 19.8 Å². The van der Waals surface area contributed by atoms with E-state index >= 15 is 0 Å². The first-order chi connectivity index (χ1) is 9.13. The lowest BCUT2D eigenvalue weighted by Gasteiger charge is -2.32. The number of hydrogen-bond donors (Lipinski definition) is 1. The van der Waals surface area contributed by atoms with Gasteiger partial charge in [-0.1, -0.05) is 0 Å². The Labute approximate surface area is 110 Å². The normalized spacial score (nSPS) is 17.1. The molecule has 1 aliphatic rings. The predicted molar refractivity (Wildman–Crippen MR) is 69.5 cm³/mol. The molecule has 1 aromatic heterocycles. The van der Waals surface area contributed by atoms with E-state index in [1.54, 1.807) is 18.2 Å². The lowest BCUT2D eigenvalue weighted by Crippen LogP contribution is -2.47. The number of fused-ring (bicyclic) bond motifs is 1. The Morgan fingerprint density at radius 2 is 2.05 bits per heavy atom. The molecule has 0 aliphatic carbocycles. The van der Waals surface area contributed by atoms with Crippen molar-refractivity contribution in [2.24, 2.45) is 0 Å². The molecule has 19 heavy (non-hydrogen) atoms. The van der Waals surface area contributed by atoms with Gasteiger partial charge >= 0.3 is 0 Å². The van der Waals surface area contributed by atoms with Crippen LogP contribution >= 0.6 is 0 Å². The van der Waals surface area contributed by atoms with Crippen molar-refractivity contribution in [3.8, 4) is 0 Å². The molecule has 0 atom stereocenters. The molecule has 1 saturated heterocycles. The molecule has 2 aromatic rings. The van der Waals surface area contributed by atoms with Crippen LogP contribution in [0.5, 0.6) is 0 Å². The maximum absolute atomic E-state index is 13.0. The van der Waals surface area contributed by atoms with Crippen molar-refractivity contribution in [3.05, 3.63) is 29.8 Å². The summed E-state index contributed by atoms with van der Waals surface area (Å²) in [4.78, 5) is 22.5. The van der Waals surface area contributed by atoms with Gasteiger partial charge in [-0.2, -0.15) is 4.39 Å². The number of nitrogens with one attached hydrogen (secondary N) is 1. The second-order valence-corrected chi connectivity index (χ2v) is 4.86. The number of amides is 1. The summed E-state index contributed by atoms with van der Waals surface area (Å²) >= 11 is 0. The van der Waals surface area contributed by atoms with E-state index in [9.17, 15) is 9.18 Å². The highest BCUT2D eigenvalue weighted by molar-refractivity contribution is 5.97. The summed E-state index contributed by atoms with van der Waals surface area (Å²) in [6, 6.07) is 5.02. The van der Waals surface area contributed by atoms with E-state index in [1.807, 2.05) is 11.9 Å². The van der Waals surface area contributed by atoms with Crippen LogP contribution in [0.4, 0.5) is 4.39 Å². The molecule has 1 amide bonds. The van der Waals surface area contributed by atoms with Gasteiger partial charge in [-0.05, 0) is 25.2 Å². The van der Waals surface area contributed by atoms with E-state index in [0.29, 0.717) is 16.6 Å². The van der Waals surface area contributed by atoms with Crippen molar-refractivity contribution in [3.63, 3.8) is 0 Å². The van der Waals surface area contributed by atoms with Gasteiger partial charge in [-0.15, -0.1) is 0 Å². The maximum atomic E-state index is 13.0. The Morgan fingerprint density at radius 1 is 1.32 bits per heavy atom. The molecule has 0 saturated carbocycles. The molecular weight excluding hydrogens is 247 g/mol. The van der Waals surface area contributed by atoms with Crippen LogP contribution in [0.3, 0.4) is 0 Å². The van der Waals surface area contributed by atoms with E-state index in [1.165, 1.54) is 0 Å². The van der Waals surface area contributed by atoms with Crippen LogP contribution in [-0.2, 0) is 0 Å². The minimum Gasteiger partial charge on any atom is -0.336 e. The van der Waals surface area contributed by atoms with Gasteiger partial charge in [0.1, 0.15) is 0 Å². The molecular formula is C13H15FN4O. The maximum Gasteiger partial charge on any atom is 0.287 e. The lowest BCUT2D eigenvalue weighted by atomic mass is 10.1. The number of imidazole rings is 1. The van der Waals surface area contributed by atoms with Crippen LogP contribution in [0, 0.1) is 6.08 Å². The standard InChI is InChI=1S/C13H15FN4O/c1-17-4-6-18(7-5-17)12(19)9-2-3-10-11(8-9)16-13(14)15-10/h2-3,8H,4-7H2,1H3,(H,15,16). The van der Waals surface area contributed by atoms with Gasteiger partial charge in [0.2, 0.25) is 0 Å². The van der Waals surface area contributed by atoms with Crippen LogP contribution in [-0.4, -0.2) is 58.9 Å². The molecule has 100 valence electrons. The summed E-state index contributed by atoms with van der Waals surface area (Å²) in [5.74, 6) is -0.00925. The van der Waals surface area contributed by atoms with Gasteiger partial charge in [-0.3, -0.25) is 4.79 Å². The largest absolute Gasteiger partial charge is 0.336 e. The topological polar surface area (TPSA) is 52.2 Å². The average molecular weight is 262 g/mol. The molecule has 6 heteroatoms. The Kier molecular flexibility index (Phi) is 2.94. The zero-order chi connectivity index (χ0) is 13.4. The number of aromatic amines is 1. The fourth-order valence-electron chi connectivity index (χ4n) is 2.30. The van der Waals surface area contributed by atoms with Gasteiger partial charge in [0.25, 0.3) is 12.0 Å². The average Bonchev–Trinajstić information content (AvgIpc) is 2.77. The Hall–Kier alpha value is -1.95. The Balaban J connectivity index is 1.84. The first-order valence-corrected chi connectivity index (χ1v) is 6.26. The summed E-state index contributed by atoms with van der Waals surface area (Å²) in [5.41, 5.74) is 1.66. The molecule has 1 fully saturated rings. The molecule has 1 aromatic carbocycles. The second kappa shape index (κ2) is 4.62. The number of likely N-dealkylation sites (N-methyl/N-ethyl adjacent to an activating group) is 1. The first-order valence-electron chi connectivity index (χ1n) is 6.26. The van der Waals surface area contributed by atoms with E-state index in [-0.39, 0.29) is 5.91 Å². The van der Waals surface area contributed by atoms with E-state index in [2.05, 4.69) is 14.9 Å². The van der Waals surface area contributed by atoms with Crippen molar-refractivity contribution >= 4 is 16.9 Å². The fraction of sp³-hybridized carbons (Fsp3) is 0.385. The molecule has 3 rings (SSSR count). The minimum atomic E-state index is -0.626. The van der Waals surface area contributed by atoms with E-state index in [0.717, 1.165) is 26.2 Å². The third-order valence-corrected chi connectivity index (χ3v) is 3.49. The first kappa shape index (κ1) is 12.1. The monoisotopic (exact) mass is 262 g/mol. The predicted octanol–water partition coefficient (Wildman–Crippen LogP) is 1.09. The molecule has 0 radical (unpaired) electrons. The summed E-state index contributed by atoms with van der Waals surface area (Å²) in [6.45, 7) is 3.22. The fourth-order valence-corrected chi connectivity index (χ4v) is 2.30. The Bertz CT molecular complexity index is 616. The summed E-state index contributed by atoms with van der Waals surface area (Å²) in [6.07, 6.45) is -0.626. The highest BCUT2D eigenvalue weighted by Crippen LogP contribution is 2.15. The van der Waals surface area contributed by atoms with Crippen LogP contribution < -0.4 is 0 Å². The van der Waals surface area contributed by atoms with Gasteiger partial charge in [0.15, 0.2) is 0 Å². The van der Waals surface area contributed by atoms with Crippen LogP contribution in [0.1, 0.15) is 10.4 Å². The summed E-state index contributed by atoms with van der Waals surface area (Å²) in [5, 5.41) is 0. The Morgan fingerprint density at radius 3 is 2.79 bits per heavy atom. The number of rotatable bonds is 1. The lowest BCUT2D eigenvalue weighted by molar-refractivity contribution is 0.0664. The number of piperazine rings is 1. The highest BCUT2D eigenvalue weighted by atomic mass is 19.1. The molecule has 1 N–H and O–H groups in total. The van der Waals surface area contributed by atoms with Crippen LogP contribution in [0.25, 0.3) is 11.0 Å². The van der Waals surface area contributed by atoms with Crippen LogP contribution in [0.15, 0.2) is 18.2 Å². The van der Waals surface area contributed by atoms with Gasteiger partial charge < -0.3 is 14.8 Å². The number of benzene rings is 1. The summed E-state index contributed by atoms with van der Waals surface area (Å²) < 4.78 is 13.0. The number of carbonyl (C=O) groups is 1. The number of aromatic nitrogens is 2. The van der Waals surface area contributed by atoms with Gasteiger partial charge in [-0.25, -0.2) is 4.98 Å². The third kappa shape index (κ3) is 2.31. The number of nitrogens with zero attached hydrogens (tertiary/aromatic N) is 3. The number of hydrogen-bond acceptors (Lipinski definition) is 3. The molecule has 1 aliphatic heterocycles. The van der Waals surface area contributed by atoms with Crippen molar-refractivity contribution in [1.29, 1.82) is 0 Å². The molecule has 0 bridgehead atoms. The molecule has 0 spiro atoms. The summed E-state index contributed by atoms with van der Waals surface area (Å²) in [7, 11) is 2.04. The minimum absolute atomic E-state index is 0.00925. The third-order valence-electron chi connectivity index (χ3n) is 3.49. The van der Waals surface area contributed by atoms with Gasteiger partial charge in [0, 0.05) is 31.7 Å². The van der Waals surface area contributed by atoms with Gasteiger partial charge in [0.05, 0.1) is 11.0 Å². The van der Waals surface area contributed by atoms with Crippen molar-refractivity contribution in [2.45, 2.75) is 0 Å². The molecule has 0 unspecified atom stereocenters. The number of H-pyrrole nitrogens is 1. The van der Waals surface area contributed by atoms with Crippen LogP contribution in [0.2, 0.25) is 0 Å². The molecule has 2 heterocycles. The zero-order valence-corrected chi connectivity index (χ0v) is 10.7. The van der Waals surface area contributed by atoms with Crippen molar-refractivity contribution < 1.29 is 9.18 Å². The SMILES string of the molecule is CN1CCN(C(=O)c2ccc3nc(F)[nH]c3c2)CC1. The van der Waals surface area contributed by atoms with Crippen molar-refractivity contribution in [2.75, 3.05) is 33.2 Å². The quantitative estimate of drug-likeness (QED) is 0.837. The number of halogens is 1. The highest BCUT2D eigenvalue weighted by Gasteiger charge is 2.20. The zero-order valence-electron chi connectivity index (χ0n) is 10.7. The molecule has 5 nitrogen and oxygen atoms in total.